The number of aliphatic imine (C=N–C) groups is 1. The van der Waals surface area contributed by atoms with E-state index in [1.165, 1.54) is 11.1 Å². The molecule has 1 fully saturated rings. The minimum atomic E-state index is -0.318. The number of hydrogen-bond acceptors (Lipinski definition) is 4. The molecular weight excluding hydrogens is 348 g/mol. The van der Waals surface area contributed by atoms with Gasteiger partial charge in [0, 0.05) is 25.8 Å². The first-order valence-electron chi connectivity index (χ1n) is 9.93. The van der Waals surface area contributed by atoms with Gasteiger partial charge in [0.1, 0.15) is 0 Å². The van der Waals surface area contributed by atoms with E-state index >= 15 is 0 Å². The maximum absolute atomic E-state index is 12.9. The van der Waals surface area contributed by atoms with Gasteiger partial charge >= 0.3 is 0 Å². The van der Waals surface area contributed by atoms with Crippen LogP contribution in [0.2, 0.25) is 0 Å². The van der Waals surface area contributed by atoms with Crippen LogP contribution >= 0.6 is 0 Å². The number of benzene rings is 1. The number of dihydropyridines is 1. The third-order valence-corrected chi connectivity index (χ3v) is 5.35. The van der Waals surface area contributed by atoms with Crippen LogP contribution in [0.3, 0.4) is 0 Å². The van der Waals surface area contributed by atoms with E-state index in [0.717, 1.165) is 6.54 Å². The molecule has 2 aliphatic rings. The number of rotatable bonds is 5. The van der Waals surface area contributed by atoms with Gasteiger partial charge in [0.15, 0.2) is 0 Å². The summed E-state index contributed by atoms with van der Waals surface area (Å²) in [5, 5.41) is 0. The minimum Gasteiger partial charge on any atom is -0.324 e. The molecule has 2 heterocycles. The lowest BCUT2D eigenvalue weighted by Crippen LogP contribution is -2.60. The summed E-state index contributed by atoms with van der Waals surface area (Å²) in [6.45, 7) is 6.76. The summed E-state index contributed by atoms with van der Waals surface area (Å²) in [5.74, 6) is -0.110. The standard InChI is InChI=1S/C23H30N4O/c1-3-4-9-18(2)22(19-10-6-5-7-11-19)26-14-15-27(21(24)17-26)23(28)20-12-8-13-25-16-20/h3-13,20-22H,14-17,24H2,1-2H3/b4-3-,18-9+/t20-,21?,22?/m0/s1. The van der Waals surface area contributed by atoms with Crippen molar-refractivity contribution in [2.45, 2.75) is 26.1 Å². The van der Waals surface area contributed by atoms with Gasteiger partial charge in [-0.1, -0.05) is 60.2 Å². The number of nitrogens with two attached hydrogens (primary N) is 1. The van der Waals surface area contributed by atoms with Crippen LogP contribution in [-0.2, 0) is 4.79 Å². The molecule has 2 aliphatic heterocycles. The summed E-state index contributed by atoms with van der Waals surface area (Å²) in [5.41, 5.74) is 8.97. The van der Waals surface area contributed by atoms with Crippen molar-refractivity contribution in [2.75, 3.05) is 26.2 Å². The number of allylic oxidation sites excluding steroid dienone is 4. The van der Waals surface area contributed by atoms with E-state index in [9.17, 15) is 4.79 Å². The molecule has 1 aromatic carbocycles. The smallest absolute Gasteiger partial charge is 0.232 e. The van der Waals surface area contributed by atoms with Gasteiger partial charge in [-0.2, -0.15) is 0 Å². The number of carbonyl (C=O) groups is 1. The van der Waals surface area contributed by atoms with Gasteiger partial charge in [0.2, 0.25) is 5.91 Å². The van der Waals surface area contributed by atoms with E-state index < -0.39 is 0 Å². The summed E-state index contributed by atoms with van der Waals surface area (Å²) < 4.78 is 0. The summed E-state index contributed by atoms with van der Waals surface area (Å²) in [4.78, 5) is 21.3. The largest absolute Gasteiger partial charge is 0.324 e. The van der Waals surface area contributed by atoms with E-state index in [1.807, 2.05) is 36.1 Å². The Balaban J connectivity index is 1.76. The summed E-state index contributed by atoms with van der Waals surface area (Å²) in [6.07, 6.45) is 11.5. The first kappa shape index (κ1) is 20.2. The molecule has 0 bridgehead atoms. The molecule has 0 aromatic heterocycles. The van der Waals surface area contributed by atoms with Gasteiger partial charge in [-0.05, 0) is 25.5 Å². The third-order valence-electron chi connectivity index (χ3n) is 5.35. The van der Waals surface area contributed by atoms with Crippen molar-refractivity contribution in [1.29, 1.82) is 0 Å². The molecule has 0 radical (unpaired) electrons. The Bertz CT molecular complexity index is 781. The van der Waals surface area contributed by atoms with Gasteiger partial charge in [0.05, 0.1) is 24.7 Å². The van der Waals surface area contributed by atoms with Gasteiger partial charge < -0.3 is 10.6 Å². The molecule has 3 rings (SSSR count). The summed E-state index contributed by atoms with van der Waals surface area (Å²) in [7, 11) is 0. The Labute approximate surface area is 167 Å². The molecule has 5 nitrogen and oxygen atoms in total. The molecule has 2 N–H and O–H groups in total. The van der Waals surface area contributed by atoms with Crippen molar-refractivity contribution in [2.24, 2.45) is 16.6 Å². The lowest BCUT2D eigenvalue weighted by Gasteiger charge is -2.44. The lowest BCUT2D eigenvalue weighted by molar-refractivity contribution is -0.139. The van der Waals surface area contributed by atoms with Crippen LogP contribution in [0.4, 0.5) is 0 Å². The van der Waals surface area contributed by atoms with Crippen LogP contribution in [0.15, 0.2) is 71.3 Å². The Kier molecular flexibility index (Phi) is 6.95. The highest BCUT2D eigenvalue weighted by atomic mass is 16.2. The van der Waals surface area contributed by atoms with Crippen molar-refractivity contribution in [1.82, 2.24) is 9.80 Å². The van der Waals surface area contributed by atoms with Crippen LogP contribution < -0.4 is 5.73 Å². The van der Waals surface area contributed by atoms with Crippen molar-refractivity contribution in [3.05, 3.63) is 71.8 Å². The predicted octanol–water partition coefficient (Wildman–Crippen LogP) is 2.94. The fraction of sp³-hybridized carbons (Fsp3) is 0.391. The zero-order chi connectivity index (χ0) is 19.9. The quantitative estimate of drug-likeness (QED) is 0.802. The van der Waals surface area contributed by atoms with Crippen LogP contribution in [0.1, 0.15) is 25.5 Å². The number of amides is 1. The van der Waals surface area contributed by atoms with E-state index in [4.69, 9.17) is 5.73 Å². The second-order valence-corrected chi connectivity index (χ2v) is 7.35. The van der Waals surface area contributed by atoms with E-state index in [0.29, 0.717) is 19.6 Å². The summed E-state index contributed by atoms with van der Waals surface area (Å²) in [6, 6.07) is 10.6. The highest BCUT2D eigenvalue weighted by Gasteiger charge is 2.34. The molecule has 0 saturated carbocycles. The van der Waals surface area contributed by atoms with E-state index in [-0.39, 0.29) is 24.0 Å². The number of hydrogen-bond donors (Lipinski definition) is 1. The van der Waals surface area contributed by atoms with Crippen LogP contribution in [0.5, 0.6) is 0 Å². The maximum atomic E-state index is 12.9. The fourth-order valence-corrected chi connectivity index (χ4v) is 3.93. The highest BCUT2D eigenvalue weighted by molar-refractivity contribution is 5.84. The van der Waals surface area contributed by atoms with Crippen LogP contribution in [0, 0.1) is 5.92 Å². The molecule has 1 aromatic rings. The topological polar surface area (TPSA) is 61.9 Å². The normalized spacial score (nSPS) is 24.7. The first-order chi connectivity index (χ1) is 13.6. The zero-order valence-corrected chi connectivity index (χ0v) is 16.7. The molecule has 2 unspecified atom stereocenters. The lowest BCUT2D eigenvalue weighted by atomic mass is 9.96. The molecule has 1 amide bonds. The molecule has 5 heteroatoms. The molecular formula is C23H30N4O. The van der Waals surface area contributed by atoms with Gasteiger partial charge in [-0.25, -0.2) is 0 Å². The molecule has 0 spiro atoms. The second-order valence-electron chi connectivity index (χ2n) is 7.35. The molecule has 0 aliphatic carbocycles. The van der Waals surface area contributed by atoms with Crippen molar-refractivity contribution in [3.8, 4) is 0 Å². The van der Waals surface area contributed by atoms with Gasteiger partial charge in [-0.15, -0.1) is 0 Å². The highest BCUT2D eigenvalue weighted by Crippen LogP contribution is 2.30. The number of piperazine rings is 1. The van der Waals surface area contributed by atoms with Crippen molar-refractivity contribution >= 4 is 12.1 Å². The average Bonchev–Trinajstić information content (AvgIpc) is 2.73. The Morgan fingerprint density at radius 3 is 2.71 bits per heavy atom. The molecule has 148 valence electrons. The Morgan fingerprint density at radius 1 is 1.29 bits per heavy atom. The van der Waals surface area contributed by atoms with Gasteiger partial charge in [-0.3, -0.25) is 14.7 Å². The maximum Gasteiger partial charge on any atom is 0.232 e. The molecule has 3 atom stereocenters. The van der Waals surface area contributed by atoms with Crippen molar-refractivity contribution < 1.29 is 4.79 Å². The second kappa shape index (κ2) is 9.62. The molecule has 28 heavy (non-hydrogen) atoms. The SMILES string of the molecule is C/C=C\C=C(/C)C(c1ccccc1)N1CCN(C(=O)[C@H]2C=CC=NC2)C(N)C1. The summed E-state index contributed by atoms with van der Waals surface area (Å²) >= 11 is 0. The number of carbonyl (C=O) groups excluding carboxylic acids is 1. The third kappa shape index (κ3) is 4.66. The molecule has 1 saturated heterocycles. The zero-order valence-electron chi connectivity index (χ0n) is 16.7. The minimum absolute atomic E-state index is 0.0812. The van der Waals surface area contributed by atoms with Gasteiger partial charge in [0.25, 0.3) is 0 Å². The Hall–Kier alpha value is -2.50. The average molecular weight is 379 g/mol. The first-order valence-corrected chi connectivity index (χ1v) is 9.93. The van der Waals surface area contributed by atoms with E-state index in [2.05, 4.69) is 53.2 Å². The predicted molar refractivity (Wildman–Crippen MR) is 115 cm³/mol. The van der Waals surface area contributed by atoms with Crippen molar-refractivity contribution in [3.63, 3.8) is 0 Å². The monoisotopic (exact) mass is 378 g/mol. The van der Waals surface area contributed by atoms with Crippen LogP contribution in [-0.4, -0.2) is 54.3 Å². The van der Waals surface area contributed by atoms with E-state index in [1.54, 1.807) is 6.21 Å². The Morgan fingerprint density at radius 2 is 2.07 bits per heavy atom. The number of nitrogens with zero attached hydrogens (tertiary/aromatic N) is 3. The van der Waals surface area contributed by atoms with Crippen LogP contribution in [0.25, 0.3) is 0 Å². The fourth-order valence-electron chi connectivity index (χ4n) is 3.93.